The zero-order valence-corrected chi connectivity index (χ0v) is 16.7. The van der Waals surface area contributed by atoms with Crippen molar-refractivity contribution >= 4 is 39.6 Å². The molecular formula is C22H16BrFN2O3. The number of ketones is 1. The molecule has 0 saturated heterocycles. The first-order chi connectivity index (χ1) is 14.0. The fourth-order valence-electron chi connectivity index (χ4n) is 2.83. The maximum atomic E-state index is 13.4. The Balaban J connectivity index is 1.85. The molecule has 1 atom stereocenters. The van der Waals surface area contributed by atoms with E-state index in [2.05, 4.69) is 26.2 Å². The van der Waals surface area contributed by atoms with Crippen molar-refractivity contribution in [3.05, 3.63) is 94.0 Å². The Bertz CT molecular complexity index is 1060. The van der Waals surface area contributed by atoms with Gasteiger partial charge in [0.1, 0.15) is 17.8 Å². The van der Waals surface area contributed by atoms with E-state index in [0.717, 1.165) is 10.5 Å². The summed E-state index contributed by atoms with van der Waals surface area (Å²) in [7, 11) is 0. The van der Waals surface area contributed by atoms with Crippen LogP contribution in [0.3, 0.4) is 0 Å². The van der Waals surface area contributed by atoms with E-state index >= 15 is 0 Å². The number of hydrogen-bond acceptors (Lipinski definition) is 4. The van der Waals surface area contributed by atoms with Gasteiger partial charge in [0.15, 0.2) is 5.78 Å². The molecule has 0 bridgehead atoms. The van der Waals surface area contributed by atoms with E-state index in [9.17, 15) is 18.8 Å². The van der Waals surface area contributed by atoms with E-state index in [-0.39, 0.29) is 17.7 Å². The number of anilines is 1. The first-order valence-electron chi connectivity index (χ1n) is 8.74. The van der Waals surface area contributed by atoms with Crippen LogP contribution in [0.1, 0.15) is 26.4 Å². The van der Waals surface area contributed by atoms with Gasteiger partial charge in [0.05, 0.1) is 5.92 Å². The van der Waals surface area contributed by atoms with Gasteiger partial charge in [0.2, 0.25) is 0 Å². The highest BCUT2D eigenvalue weighted by Gasteiger charge is 2.22. The van der Waals surface area contributed by atoms with Gasteiger partial charge in [-0.15, -0.1) is 0 Å². The van der Waals surface area contributed by atoms with Gasteiger partial charge in [-0.1, -0.05) is 34.1 Å². The molecule has 1 amide bonds. The predicted octanol–water partition coefficient (Wildman–Crippen LogP) is 4.48. The summed E-state index contributed by atoms with van der Waals surface area (Å²) in [4.78, 5) is 40.7. The maximum absolute atomic E-state index is 13.4. The van der Waals surface area contributed by atoms with Crippen molar-refractivity contribution in [3.63, 3.8) is 0 Å². The van der Waals surface area contributed by atoms with E-state index in [1.165, 1.54) is 24.4 Å². The topological polar surface area (TPSA) is 76.1 Å². The van der Waals surface area contributed by atoms with Gasteiger partial charge in [-0.3, -0.25) is 14.6 Å². The molecule has 5 nitrogen and oxygen atoms in total. The summed E-state index contributed by atoms with van der Waals surface area (Å²) in [5, 5.41) is 2.76. The van der Waals surface area contributed by atoms with Gasteiger partial charge >= 0.3 is 0 Å². The van der Waals surface area contributed by atoms with Gasteiger partial charge < -0.3 is 10.1 Å². The molecule has 1 unspecified atom stereocenters. The van der Waals surface area contributed by atoms with Gasteiger partial charge in [-0.2, -0.15) is 0 Å². The molecular weight excluding hydrogens is 439 g/mol. The van der Waals surface area contributed by atoms with Crippen LogP contribution in [0.4, 0.5) is 10.1 Å². The zero-order chi connectivity index (χ0) is 20.8. The van der Waals surface area contributed by atoms with Crippen LogP contribution in [0.5, 0.6) is 0 Å². The van der Waals surface area contributed by atoms with Crippen LogP contribution in [-0.4, -0.2) is 23.0 Å². The molecule has 0 radical (unpaired) electrons. The molecule has 7 heteroatoms. The lowest BCUT2D eigenvalue weighted by molar-refractivity contribution is -0.109. The quantitative estimate of drug-likeness (QED) is 0.324. The number of hydrogen-bond donors (Lipinski definition) is 1. The number of rotatable bonds is 7. The van der Waals surface area contributed by atoms with E-state index in [0.29, 0.717) is 17.5 Å². The second-order valence-corrected chi connectivity index (χ2v) is 7.21. The maximum Gasteiger partial charge on any atom is 0.274 e. The van der Waals surface area contributed by atoms with Crippen LogP contribution < -0.4 is 5.32 Å². The standard InChI is InChI=1S/C22H16BrFN2O3/c23-17-7-8-19(26-22(29)20-6-1-2-9-25-20)15(11-17)10-16(13-27)21(28)14-4-3-5-18(24)12-14/h1-9,11-13,16H,10H2,(H,26,29). The van der Waals surface area contributed by atoms with Crippen molar-refractivity contribution in [2.45, 2.75) is 6.42 Å². The first-order valence-corrected chi connectivity index (χ1v) is 9.53. The number of carbonyl (C=O) groups is 3. The van der Waals surface area contributed by atoms with E-state index in [1.54, 1.807) is 36.4 Å². The van der Waals surface area contributed by atoms with Crippen LogP contribution in [0.25, 0.3) is 0 Å². The summed E-state index contributed by atoms with van der Waals surface area (Å²) in [6.07, 6.45) is 2.10. The van der Waals surface area contributed by atoms with Crippen LogP contribution in [0, 0.1) is 11.7 Å². The van der Waals surface area contributed by atoms with Crippen molar-refractivity contribution in [2.24, 2.45) is 5.92 Å². The van der Waals surface area contributed by atoms with E-state index in [4.69, 9.17) is 0 Å². The molecule has 3 aromatic rings. The second-order valence-electron chi connectivity index (χ2n) is 6.29. The molecule has 0 spiro atoms. The minimum atomic E-state index is -1.02. The number of halogens is 2. The number of pyridine rings is 1. The molecule has 2 aromatic carbocycles. The number of nitrogens with zero attached hydrogens (tertiary/aromatic N) is 1. The molecule has 0 aliphatic heterocycles. The number of carbonyl (C=O) groups excluding carboxylic acids is 3. The third-order valence-corrected chi connectivity index (χ3v) is 4.76. The Labute approximate surface area is 175 Å². The van der Waals surface area contributed by atoms with Gasteiger partial charge in [0, 0.05) is 21.9 Å². The van der Waals surface area contributed by atoms with Crippen molar-refractivity contribution < 1.29 is 18.8 Å². The third-order valence-electron chi connectivity index (χ3n) is 4.26. The molecule has 0 saturated carbocycles. The number of aldehydes is 1. The van der Waals surface area contributed by atoms with Crippen LogP contribution in [0.2, 0.25) is 0 Å². The SMILES string of the molecule is O=CC(Cc1cc(Br)ccc1NC(=O)c1ccccn1)C(=O)c1cccc(F)c1. The Morgan fingerprint density at radius 2 is 1.93 bits per heavy atom. The number of nitrogens with one attached hydrogen (secondary N) is 1. The number of amides is 1. The summed E-state index contributed by atoms with van der Waals surface area (Å²) in [5.41, 5.74) is 1.41. The average Bonchev–Trinajstić information content (AvgIpc) is 2.73. The summed E-state index contributed by atoms with van der Waals surface area (Å²) in [6, 6.07) is 15.3. The fraction of sp³-hybridized carbons (Fsp3) is 0.0909. The lowest BCUT2D eigenvalue weighted by Crippen LogP contribution is -2.21. The van der Waals surface area contributed by atoms with Gasteiger partial charge in [-0.05, 0) is 54.4 Å². The lowest BCUT2D eigenvalue weighted by Gasteiger charge is -2.15. The Morgan fingerprint density at radius 3 is 2.62 bits per heavy atom. The average molecular weight is 455 g/mol. The van der Waals surface area contributed by atoms with Gasteiger partial charge in [-0.25, -0.2) is 4.39 Å². The largest absolute Gasteiger partial charge is 0.320 e. The number of benzene rings is 2. The summed E-state index contributed by atoms with van der Waals surface area (Å²) < 4.78 is 14.2. The van der Waals surface area contributed by atoms with Crippen molar-refractivity contribution in [1.29, 1.82) is 0 Å². The molecule has 0 aliphatic carbocycles. The predicted molar refractivity (Wildman–Crippen MR) is 110 cm³/mol. The highest BCUT2D eigenvalue weighted by atomic mass is 79.9. The Morgan fingerprint density at radius 1 is 1.10 bits per heavy atom. The molecule has 146 valence electrons. The highest BCUT2D eigenvalue weighted by molar-refractivity contribution is 9.10. The van der Waals surface area contributed by atoms with Crippen molar-refractivity contribution in [2.75, 3.05) is 5.32 Å². The van der Waals surface area contributed by atoms with Crippen molar-refractivity contribution in [1.82, 2.24) is 4.98 Å². The Hall–Kier alpha value is -3.19. The highest BCUT2D eigenvalue weighted by Crippen LogP contribution is 2.25. The molecule has 3 rings (SSSR count). The first kappa shape index (κ1) is 20.5. The van der Waals surface area contributed by atoms with Gasteiger partial charge in [0.25, 0.3) is 5.91 Å². The number of aromatic nitrogens is 1. The van der Waals surface area contributed by atoms with Crippen LogP contribution >= 0.6 is 15.9 Å². The summed E-state index contributed by atoms with van der Waals surface area (Å²) >= 11 is 3.36. The third kappa shape index (κ3) is 5.20. The lowest BCUT2D eigenvalue weighted by atomic mass is 9.91. The number of Topliss-reactive ketones (excluding diaryl/α,β-unsaturated/α-hetero) is 1. The summed E-state index contributed by atoms with van der Waals surface area (Å²) in [5.74, 6) is -2.46. The molecule has 29 heavy (non-hydrogen) atoms. The molecule has 0 aliphatic rings. The van der Waals surface area contributed by atoms with Crippen LogP contribution in [-0.2, 0) is 11.2 Å². The fourth-order valence-corrected chi connectivity index (χ4v) is 3.24. The monoisotopic (exact) mass is 454 g/mol. The molecule has 1 N–H and O–H groups in total. The second kappa shape index (κ2) is 9.34. The minimum Gasteiger partial charge on any atom is -0.320 e. The zero-order valence-electron chi connectivity index (χ0n) is 15.1. The van der Waals surface area contributed by atoms with E-state index in [1.807, 2.05) is 0 Å². The minimum absolute atomic E-state index is 0.0517. The van der Waals surface area contributed by atoms with Crippen molar-refractivity contribution in [3.8, 4) is 0 Å². The Kier molecular flexibility index (Phi) is 6.61. The smallest absolute Gasteiger partial charge is 0.274 e. The summed E-state index contributed by atoms with van der Waals surface area (Å²) in [6.45, 7) is 0. The molecule has 1 heterocycles. The normalized spacial score (nSPS) is 11.5. The molecule has 0 fully saturated rings. The van der Waals surface area contributed by atoms with Crippen LogP contribution in [0.15, 0.2) is 71.3 Å². The van der Waals surface area contributed by atoms with E-state index < -0.39 is 23.4 Å². The molecule has 1 aromatic heterocycles.